The Hall–Kier alpha value is -2.58. The Morgan fingerprint density at radius 2 is 2.16 bits per heavy atom. The topological polar surface area (TPSA) is 86.1 Å². The molecule has 0 atom stereocenters. The second kappa shape index (κ2) is 7.54. The van der Waals surface area contributed by atoms with Crippen molar-refractivity contribution in [2.45, 2.75) is 6.54 Å². The Balaban J connectivity index is 2.11. The van der Waals surface area contributed by atoms with Gasteiger partial charge in [-0.15, -0.1) is 0 Å². The molecule has 0 bridgehead atoms. The maximum absolute atomic E-state index is 12.6. The average molecular weight is 403 g/mol. The molecule has 3 aromatic rings. The van der Waals surface area contributed by atoms with Gasteiger partial charge in [-0.1, -0.05) is 6.07 Å². The number of rotatable bonds is 5. The Kier molecular flexibility index (Phi) is 5.20. The summed E-state index contributed by atoms with van der Waals surface area (Å²) in [6.45, 7) is 0.397. The van der Waals surface area contributed by atoms with E-state index in [1.54, 1.807) is 22.9 Å². The highest BCUT2D eigenvalue weighted by Crippen LogP contribution is 2.13. The fourth-order valence-electron chi connectivity index (χ4n) is 2.45. The molecule has 0 aromatic carbocycles. The van der Waals surface area contributed by atoms with Gasteiger partial charge in [0.05, 0.1) is 17.6 Å². The lowest BCUT2D eigenvalue weighted by Crippen LogP contribution is -2.31. The monoisotopic (exact) mass is 402 g/mol. The third-order valence-corrected chi connectivity index (χ3v) is 4.00. The summed E-state index contributed by atoms with van der Waals surface area (Å²) in [5.74, 6) is -0.492. The molecule has 3 heterocycles. The Bertz CT molecular complexity index is 987. The van der Waals surface area contributed by atoms with Gasteiger partial charge < -0.3 is 14.6 Å². The van der Waals surface area contributed by atoms with Crippen molar-refractivity contribution in [2.24, 2.45) is 0 Å². The number of carbonyl (C=O) groups is 1. The first-order chi connectivity index (χ1) is 12.1. The highest BCUT2D eigenvalue weighted by atomic mass is 79.9. The molecular formula is C17H15BrN4O3. The lowest BCUT2D eigenvalue weighted by molar-refractivity contribution is 0.0870. The Morgan fingerprint density at radius 3 is 2.92 bits per heavy atom. The van der Waals surface area contributed by atoms with Gasteiger partial charge in [-0.05, 0) is 40.2 Å². The second-order valence-electron chi connectivity index (χ2n) is 5.26. The molecule has 0 aliphatic carbocycles. The van der Waals surface area contributed by atoms with E-state index in [0.29, 0.717) is 22.2 Å². The summed E-state index contributed by atoms with van der Waals surface area (Å²) in [5, 5.41) is 2.91. The molecule has 0 saturated heterocycles. The number of nitrogens with zero attached hydrogens (tertiary/aromatic N) is 3. The predicted molar refractivity (Wildman–Crippen MR) is 96.4 cm³/mol. The Labute approximate surface area is 151 Å². The third-order valence-electron chi connectivity index (χ3n) is 3.56. The van der Waals surface area contributed by atoms with Crippen LogP contribution in [0.3, 0.4) is 0 Å². The average Bonchev–Trinajstić information content (AvgIpc) is 2.62. The number of pyridine rings is 3. The van der Waals surface area contributed by atoms with Crippen LogP contribution in [-0.4, -0.2) is 34.3 Å². The van der Waals surface area contributed by atoms with Crippen molar-refractivity contribution >= 4 is 32.9 Å². The van der Waals surface area contributed by atoms with E-state index >= 15 is 0 Å². The van der Waals surface area contributed by atoms with Crippen LogP contribution < -0.4 is 10.7 Å². The van der Waals surface area contributed by atoms with Crippen molar-refractivity contribution in [1.82, 2.24) is 19.9 Å². The minimum absolute atomic E-state index is 0.0243. The number of carbonyl (C=O) groups excluding carboxylic acids is 1. The van der Waals surface area contributed by atoms with Crippen molar-refractivity contribution in [3.8, 4) is 0 Å². The number of fused-ring (bicyclic) bond motifs is 1. The number of halogens is 1. The van der Waals surface area contributed by atoms with E-state index < -0.39 is 5.91 Å². The zero-order valence-electron chi connectivity index (χ0n) is 13.4. The molecule has 0 radical (unpaired) electrons. The first-order valence-electron chi connectivity index (χ1n) is 7.47. The number of aromatic nitrogens is 3. The summed E-state index contributed by atoms with van der Waals surface area (Å²) in [7, 11) is 1.46. The summed E-state index contributed by atoms with van der Waals surface area (Å²) in [6.07, 6.45) is 3.11. The van der Waals surface area contributed by atoms with E-state index in [-0.39, 0.29) is 17.7 Å². The van der Waals surface area contributed by atoms with Gasteiger partial charge in [0.1, 0.15) is 22.5 Å². The fourth-order valence-corrected chi connectivity index (χ4v) is 2.83. The summed E-state index contributed by atoms with van der Waals surface area (Å²) < 4.78 is 7.28. The summed E-state index contributed by atoms with van der Waals surface area (Å²) in [6, 6.07) is 8.89. The first-order valence-corrected chi connectivity index (χ1v) is 8.26. The van der Waals surface area contributed by atoms with Crippen molar-refractivity contribution in [1.29, 1.82) is 0 Å². The molecule has 0 aliphatic heterocycles. The molecule has 128 valence electrons. The molecule has 8 heteroatoms. The second-order valence-corrected chi connectivity index (χ2v) is 6.08. The molecule has 3 aromatic heterocycles. The lowest BCUT2D eigenvalue weighted by atomic mass is 10.1. The van der Waals surface area contributed by atoms with Gasteiger partial charge in [-0.25, -0.2) is 9.97 Å². The maximum Gasteiger partial charge on any atom is 0.258 e. The quantitative estimate of drug-likeness (QED) is 0.520. The standard InChI is InChI=1S/C17H15BrN4O3/c1-25-10-20-17(24)13-9-22(8-11-4-2-6-14(18)21-11)16-12(15(13)23)5-3-7-19-16/h2-7,9H,8,10H2,1H3,(H,20,24). The van der Waals surface area contributed by atoms with Crippen molar-refractivity contribution in [3.05, 3.63) is 68.8 Å². The van der Waals surface area contributed by atoms with Gasteiger partial charge in [0, 0.05) is 19.5 Å². The molecule has 25 heavy (non-hydrogen) atoms. The highest BCUT2D eigenvalue weighted by molar-refractivity contribution is 9.10. The van der Waals surface area contributed by atoms with Crippen molar-refractivity contribution in [2.75, 3.05) is 13.8 Å². The van der Waals surface area contributed by atoms with Gasteiger partial charge in [0.25, 0.3) is 5.91 Å². The van der Waals surface area contributed by atoms with Gasteiger partial charge in [-0.3, -0.25) is 9.59 Å². The minimum atomic E-state index is -0.492. The van der Waals surface area contributed by atoms with E-state index in [1.807, 2.05) is 18.2 Å². The summed E-state index contributed by atoms with van der Waals surface area (Å²) >= 11 is 3.34. The van der Waals surface area contributed by atoms with Crippen LogP contribution in [0.4, 0.5) is 0 Å². The number of nitrogens with one attached hydrogen (secondary N) is 1. The number of ether oxygens (including phenoxy) is 1. The zero-order chi connectivity index (χ0) is 17.8. The molecule has 0 spiro atoms. The molecule has 0 fully saturated rings. The first kappa shape index (κ1) is 17.2. The van der Waals surface area contributed by atoms with Crippen LogP contribution in [-0.2, 0) is 11.3 Å². The molecule has 0 aliphatic rings. The van der Waals surface area contributed by atoms with Gasteiger partial charge in [0.15, 0.2) is 0 Å². The number of hydrogen-bond donors (Lipinski definition) is 1. The zero-order valence-corrected chi connectivity index (χ0v) is 15.0. The van der Waals surface area contributed by atoms with Crippen LogP contribution in [0.5, 0.6) is 0 Å². The molecule has 1 amide bonds. The van der Waals surface area contributed by atoms with Crippen LogP contribution in [0.2, 0.25) is 0 Å². The van der Waals surface area contributed by atoms with Gasteiger partial charge in [-0.2, -0.15) is 0 Å². The predicted octanol–water partition coefficient (Wildman–Crippen LogP) is 1.94. The summed E-state index contributed by atoms with van der Waals surface area (Å²) in [5.41, 5.74) is 0.938. The van der Waals surface area contributed by atoms with Crippen LogP contribution in [0.1, 0.15) is 16.1 Å². The highest BCUT2D eigenvalue weighted by Gasteiger charge is 2.16. The maximum atomic E-state index is 12.6. The lowest BCUT2D eigenvalue weighted by Gasteiger charge is -2.12. The Morgan fingerprint density at radius 1 is 1.32 bits per heavy atom. The fraction of sp³-hybridized carbons (Fsp3) is 0.176. The number of hydrogen-bond acceptors (Lipinski definition) is 5. The molecule has 0 saturated carbocycles. The van der Waals surface area contributed by atoms with E-state index in [2.05, 4.69) is 31.2 Å². The molecule has 0 unspecified atom stereocenters. The van der Waals surface area contributed by atoms with Crippen molar-refractivity contribution < 1.29 is 9.53 Å². The van der Waals surface area contributed by atoms with Crippen LogP contribution in [0.25, 0.3) is 11.0 Å². The number of amides is 1. The molecular weight excluding hydrogens is 388 g/mol. The largest absolute Gasteiger partial charge is 0.364 e. The van der Waals surface area contributed by atoms with Crippen LogP contribution in [0, 0.1) is 0 Å². The van der Waals surface area contributed by atoms with Crippen LogP contribution in [0.15, 0.2) is 52.1 Å². The molecule has 3 rings (SSSR count). The van der Waals surface area contributed by atoms with Gasteiger partial charge >= 0.3 is 0 Å². The summed E-state index contributed by atoms with van der Waals surface area (Å²) in [4.78, 5) is 33.6. The third kappa shape index (κ3) is 3.75. The molecule has 1 N–H and O–H groups in total. The van der Waals surface area contributed by atoms with Gasteiger partial charge in [0.2, 0.25) is 5.43 Å². The van der Waals surface area contributed by atoms with E-state index in [1.165, 1.54) is 13.3 Å². The van der Waals surface area contributed by atoms with Crippen LogP contribution >= 0.6 is 15.9 Å². The normalized spacial score (nSPS) is 10.8. The smallest absolute Gasteiger partial charge is 0.258 e. The van der Waals surface area contributed by atoms with E-state index in [9.17, 15) is 9.59 Å². The minimum Gasteiger partial charge on any atom is -0.364 e. The number of methoxy groups -OCH3 is 1. The van der Waals surface area contributed by atoms with Crippen molar-refractivity contribution in [3.63, 3.8) is 0 Å². The van der Waals surface area contributed by atoms with E-state index in [4.69, 9.17) is 4.74 Å². The SMILES string of the molecule is COCNC(=O)c1cn(Cc2cccc(Br)n2)c2ncccc2c1=O. The molecule has 7 nitrogen and oxygen atoms in total. The van der Waals surface area contributed by atoms with E-state index in [0.717, 1.165) is 5.69 Å².